The van der Waals surface area contributed by atoms with Crippen molar-refractivity contribution in [2.75, 3.05) is 11.4 Å². The van der Waals surface area contributed by atoms with Crippen LogP contribution in [0.3, 0.4) is 0 Å². The van der Waals surface area contributed by atoms with Crippen LogP contribution in [0.1, 0.15) is 23.1 Å². The third-order valence-corrected chi connectivity index (χ3v) is 9.37. The normalized spacial score (nSPS) is 21.6. The third kappa shape index (κ3) is 3.67. The van der Waals surface area contributed by atoms with E-state index in [0.717, 1.165) is 18.5 Å². The van der Waals surface area contributed by atoms with Crippen molar-refractivity contribution < 1.29 is 8.42 Å². The molecule has 35 heavy (non-hydrogen) atoms. The van der Waals surface area contributed by atoms with E-state index in [2.05, 4.69) is 65.6 Å². The van der Waals surface area contributed by atoms with E-state index in [9.17, 15) is 8.42 Å². The van der Waals surface area contributed by atoms with Gasteiger partial charge in [0.05, 0.1) is 4.90 Å². The molecule has 6 rings (SSSR count). The van der Waals surface area contributed by atoms with Crippen molar-refractivity contribution in [3.05, 3.63) is 132 Å². The Bertz CT molecular complexity index is 1430. The molecule has 0 radical (unpaired) electrons. The Morgan fingerprint density at radius 2 is 1.29 bits per heavy atom. The molecule has 5 heteroatoms. The van der Waals surface area contributed by atoms with Crippen LogP contribution in [-0.2, 0) is 28.4 Å². The van der Waals surface area contributed by atoms with Crippen LogP contribution in [0.5, 0.6) is 0 Å². The highest BCUT2D eigenvalue weighted by Gasteiger charge is 2.59. The molecular formula is C30H28N2O2S. The van der Waals surface area contributed by atoms with Gasteiger partial charge in [0.1, 0.15) is 6.17 Å². The number of rotatable bonds is 6. The Hall–Kier alpha value is -3.41. The molecule has 4 aromatic carbocycles. The van der Waals surface area contributed by atoms with Crippen molar-refractivity contribution in [1.82, 2.24) is 4.31 Å². The number of benzene rings is 4. The Morgan fingerprint density at radius 3 is 1.97 bits per heavy atom. The van der Waals surface area contributed by atoms with Crippen LogP contribution in [0, 0.1) is 0 Å². The molecule has 0 bridgehead atoms. The molecule has 1 fully saturated rings. The van der Waals surface area contributed by atoms with Gasteiger partial charge in [-0.25, -0.2) is 8.42 Å². The zero-order chi connectivity index (χ0) is 23.9. The number of nitrogens with zero attached hydrogens (tertiary/aromatic N) is 2. The fraction of sp³-hybridized carbons (Fsp3) is 0.200. The highest BCUT2D eigenvalue weighted by atomic mass is 32.2. The molecule has 0 aromatic heterocycles. The van der Waals surface area contributed by atoms with Gasteiger partial charge in [-0.3, -0.25) is 0 Å². The van der Waals surface area contributed by atoms with E-state index in [4.69, 9.17) is 0 Å². The summed E-state index contributed by atoms with van der Waals surface area (Å²) >= 11 is 0. The van der Waals surface area contributed by atoms with E-state index in [1.165, 1.54) is 16.7 Å². The molecule has 0 N–H and O–H groups in total. The summed E-state index contributed by atoms with van der Waals surface area (Å²) in [6, 6.07) is 38.2. The summed E-state index contributed by atoms with van der Waals surface area (Å²) in [6.07, 6.45) is 1.27. The average molecular weight is 481 g/mol. The molecule has 2 aliphatic heterocycles. The maximum absolute atomic E-state index is 14.0. The molecule has 1 saturated heterocycles. The maximum Gasteiger partial charge on any atom is 0.244 e. The minimum atomic E-state index is -3.67. The molecule has 2 heterocycles. The predicted octanol–water partition coefficient (Wildman–Crippen LogP) is 5.61. The standard InChI is InChI=1S/C30H28N2O2S/c33-35(34,26-16-8-3-9-17-26)32-21-20-30(22-24-12-4-1-5-13-24)27-18-10-11-19-28(27)31(29(30)32)23-25-14-6-2-7-15-25/h1-19,29H,20-23H2. The summed E-state index contributed by atoms with van der Waals surface area (Å²) in [5.41, 5.74) is 4.45. The van der Waals surface area contributed by atoms with Crippen LogP contribution in [0.2, 0.25) is 0 Å². The number of fused-ring (bicyclic) bond motifs is 3. The predicted molar refractivity (Wildman–Crippen MR) is 140 cm³/mol. The number of anilines is 1. The molecular weight excluding hydrogens is 452 g/mol. The highest BCUT2D eigenvalue weighted by molar-refractivity contribution is 7.89. The lowest BCUT2D eigenvalue weighted by molar-refractivity contribution is 0.300. The third-order valence-electron chi connectivity index (χ3n) is 7.50. The number of hydrogen-bond acceptors (Lipinski definition) is 3. The van der Waals surface area contributed by atoms with Gasteiger partial charge in [-0.1, -0.05) is 97.1 Å². The molecule has 2 unspecified atom stereocenters. The quantitative estimate of drug-likeness (QED) is 0.360. The Morgan fingerprint density at radius 1 is 0.714 bits per heavy atom. The van der Waals surface area contributed by atoms with E-state index >= 15 is 0 Å². The van der Waals surface area contributed by atoms with Crippen molar-refractivity contribution in [2.45, 2.75) is 35.9 Å². The second-order valence-corrected chi connectivity index (χ2v) is 11.4. The summed E-state index contributed by atoms with van der Waals surface area (Å²) in [5, 5.41) is 0. The fourth-order valence-electron chi connectivity index (χ4n) is 6.01. The first kappa shape index (κ1) is 22.1. The van der Waals surface area contributed by atoms with Crippen LogP contribution in [-0.4, -0.2) is 25.4 Å². The average Bonchev–Trinajstić information content (AvgIpc) is 3.40. The second-order valence-electron chi connectivity index (χ2n) is 9.50. The molecule has 2 atom stereocenters. The van der Waals surface area contributed by atoms with Crippen LogP contribution < -0.4 is 4.90 Å². The number of sulfonamides is 1. The van der Waals surface area contributed by atoms with Gasteiger partial charge >= 0.3 is 0 Å². The topological polar surface area (TPSA) is 40.6 Å². The molecule has 4 nitrogen and oxygen atoms in total. The lowest BCUT2D eigenvalue weighted by atomic mass is 9.74. The van der Waals surface area contributed by atoms with Crippen LogP contribution in [0.4, 0.5) is 5.69 Å². The van der Waals surface area contributed by atoms with Crippen LogP contribution in [0.25, 0.3) is 0 Å². The second kappa shape index (κ2) is 8.67. The van der Waals surface area contributed by atoms with Crippen LogP contribution >= 0.6 is 0 Å². The van der Waals surface area contributed by atoms with Gasteiger partial charge in [0.2, 0.25) is 10.0 Å². The van der Waals surface area contributed by atoms with E-state index in [-0.39, 0.29) is 11.6 Å². The maximum atomic E-state index is 14.0. The molecule has 0 aliphatic carbocycles. The Balaban J connectivity index is 1.52. The molecule has 176 valence electrons. The molecule has 2 aliphatic rings. The molecule has 0 amide bonds. The summed E-state index contributed by atoms with van der Waals surface area (Å²) in [7, 11) is -3.67. The Labute approximate surface area is 207 Å². The zero-order valence-electron chi connectivity index (χ0n) is 19.5. The van der Waals surface area contributed by atoms with Gasteiger partial charge in [0.15, 0.2) is 0 Å². The first-order chi connectivity index (χ1) is 17.1. The number of para-hydroxylation sites is 1. The minimum absolute atomic E-state index is 0.300. The molecule has 0 saturated carbocycles. The monoisotopic (exact) mass is 480 g/mol. The van der Waals surface area contributed by atoms with Crippen molar-refractivity contribution in [3.63, 3.8) is 0 Å². The van der Waals surface area contributed by atoms with Gasteiger partial charge in [-0.05, 0) is 47.7 Å². The van der Waals surface area contributed by atoms with Crippen molar-refractivity contribution in [1.29, 1.82) is 0 Å². The first-order valence-corrected chi connectivity index (χ1v) is 13.5. The fourth-order valence-corrected chi connectivity index (χ4v) is 7.69. The summed E-state index contributed by atoms with van der Waals surface area (Å²) in [5.74, 6) is 0. The largest absolute Gasteiger partial charge is 0.349 e. The Kier molecular flexibility index (Phi) is 5.47. The summed E-state index contributed by atoms with van der Waals surface area (Å²) in [6.45, 7) is 1.15. The van der Waals surface area contributed by atoms with Gasteiger partial charge in [0, 0.05) is 24.2 Å². The minimum Gasteiger partial charge on any atom is -0.349 e. The molecule has 4 aromatic rings. The lowest BCUT2D eigenvalue weighted by Crippen LogP contribution is -2.52. The SMILES string of the molecule is O=S(=O)(c1ccccc1)N1CCC2(Cc3ccccc3)c3ccccc3N(Cc3ccccc3)C12. The van der Waals surface area contributed by atoms with E-state index < -0.39 is 10.0 Å². The van der Waals surface area contributed by atoms with Gasteiger partial charge in [-0.2, -0.15) is 4.31 Å². The van der Waals surface area contributed by atoms with Crippen LogP contribution in [0.15, 0.2) is 120 Å². The van der Waals surface area contributed by atoms with Gasteiger partial charge in [-0.15, -0.1) is 0 Å². The zero-order valence-corrected chi connectivity index (χ0v) is 20.3. The van der Waals surface area contributed by atoms with E-state index in [0.29, 0.717) is 18.0 Å². The van der Waals surface area contributed by atoms with Gasteiger partial charge in [0.25, 0.3) is 0 Å². The first-order valence-electron chi connectivity index (χ1n) is 12.1. The van der Waals surface area contributed by atoms with Crippen molar-refractivity contribution in [2.24, 2.45) is 0 Å². The summed E-state index contributed by atoms with van der Waals surface area (Å²) < 4.78 is 29.8. The van der Waals surface area contributed by atoms with Crippen molar-refractivity contribution in [3.8, 4) is 0 Å². The highest BCUT2D eigenvalue weighted by Crippen LogP contribution is 2.55. The lowest BCUT2D eigenvalue weighted by Gasteiger charge is -2.38. The number of hydrogen-bond donors (Lipinski definition) is 0. The smallest absolute Gasteiger partial charge is 0.244 e. The summed E-state index contributed by atoms with van der Waals surface area (Å²) in [4.78, 5) is 2.67. The van der Waals surface area contributed by atoms with Crippen molar-refractivity contribution >= 4 is 15.7 Å². The van der Waals surface area contributed by atoms with Gasteiger partial charge < -0.3 is 4.90 Å². The van der Waals surface area contributed by atoms with E-state index in [1.807, 2.05) is 30.3 Å². The molecule has 0 spiro atoms. The van der Waals surface area contributed by atoms with E-state index in [1.54, 1.807) is 28.6 Å².